The number of hydrogen-bond acceptors (Lipinski definition) is 7. The van der Waals surface area contributed by atoms with E-state index in [0.717, 1.165) is 5.56 Å². The fourth-order valence-electron chi connectivity index (χ4n) is 4.26. The second kappa shape index (κ2) is 7.86. The van der Waals surface area contributed by atoms with Crippen LogP contribution < -0.4 is 5.32 Å². The van der Waals surface area contributed by atoms with Crippen molar-refractivity contribution in [3.63, 3.8) is 0 Å². The van der Waals surface area contributed by atoms with E-state index in [1.807, 2.05) is 26.8 Å². The molecular formula is C22H27N3O6. The predicted octanol–water partition coefficient (Wildman–Crippen LogP) is 3.17. The molecule has 1 aromatic heterocycles. The van der Waals surface area contributed by atoms with Crippen molar-refractivity contribution in [2.24, 2.45) is 0 Å². The topological polar surface area (TPSA) is 122 Å². The lowest BCUT2D eigenvalue weighted by Crippen LogP contribution is -2.41. The smallest absolute Gasteiger partial charge is 0.410 e. The average Bonchev–Trinajstić information content (AvgIpc) is 3.12. The number of rotatable bonds is 2. The van der Waals surface area contributed by atoms with Crippen molar-refractivity contribution in [3.8, 4) is 5.75 Å². The number of aromatic nitrogens is 1. The van der Waals surface area contributed by atoms with Gasteiger partial charge in [0.2, 0.25) is 17.4 Å². The number of carbonyl (C=O) groups excluding carboxylic acids is 3. The minimum absolute atomic E-state index is 0.0132. The Labute approximate surface area is 179 Å². The number of piperidine rings is 2. The predicted molar refractivity (Wildman–Crippen MR) is 111 cm³/mol. The molecule has 2 aliphatic rings. The molecule has 2 saturated heterocycles. The Bertz CT molecular complexity index is 1030. The lowest BCUT2D eigenvalue weighted by atomic mass is 9.87. The standard InChI is InChI=1S/C22H27N3O6/c1-22(2,3)30-21(29)25-10-8-12(9-11-25)13-4-5-14-17(24-31-19(14)18(13)27)15-6-7-16(26)23-20(15)28/h4-5,12,15,27H,6-11H2,1-3H3,(H,23,26,28). The summed E-state index contributed by atoms with van der Waals surface area (Å²) in [7, 11) is 0. The molecule has 0 radical (unpaired) electrons. The van der Waals surface area contributed by atoms with Gasteiger partial charge < -0.3 is 19.3 Å². The van der Waals surface area contributed by atoms with Gasteiger partial charge >= 0.3 is 6.09 Å². The molecule has 1 unspecified atom stereocenters. The second-order valence-corrected chi connectivity index (χ2v) is 9.19. The number of amides is 3. The largest absolute Gasteiger partial charge is 0.504 e. The van der Waals surface area contributed by atoms with E-state index in [1.54, 1.807) is 11.0 Å². The molecule has 9 heteroatoms. The normalized spacial score (nSPS) is 20.7. The molecule has 3 amide bonds. The van der Waals surface area contributed by atoms with E-state index >= 15 is 0 Å². The maximum absolute atomic E-state index is 12.3. The summed E-state index contributed by atoms with van der Waals surface area (Å²) in [5.74, 6) is -1.20. The van der Waals surface area contributed by atoms with Gasteiger partial charge in [-0.1, -0.05) is 11.2 Å². The monoisotopic (exact) mass is 429 g/mol. The summed E-state index contributed by atoms with van der Waals surface area (Å²) < 4.78 is 10.8. The van der Waals surface area contributed by atoms with Gasteiger partial charge in [0.15, 0.2) is 5.75 Å². The second-order valence-electron chi connectivity index (χ2n) is 9.19. The molecule has 2 aliphatic heterocycles. The number of aromatic hydroxyl groups is 1. The molecule has 2 fully saturated rings. The first-order valence-corrected chi connectivity index (χ1v) is 10.6. The van der Waals surface area contributed by atoms with Crippen molar-refractivity contribution in [2.45, 2.75) is 63.9 Å². The van der Waals surface area contributed by atoms with Crippen LogP contribution in [0.25, 0.3) is 11.0 Å². The molecule has 0 aliphatic carbocycles. The number of phenolic OH excluding ortho intramolecular Hbond substituents is 1. The number of imide groups is 1. The minimum atomic E-state index is -0.582. The number of fused-ring (bicyclic) bond motifs is 1. The number of ether oxygens (including phenoxy) is 1. The zero-order valence-electron chi connectivity index (χ0n) is 17.9. The highest BCUT2D eigenvalue weighted by molar-refractivity contribution is 6.02. The van der Waals surface area contributed by atoms with Crippen molar-refractivity contribution in [3.05, 3.63) is 23.4 Å². The van der Waals surface area contributed by atoms with E-state index in [9.17, 15) is 19.5 Å². The van der Waals surface area contributed by atoms with Crippen LogP contribution in [0.15, 0.2) is 16.7 Å². The highest BCUT2D eigenvalue weighted by Crippen LogP contribution is 2.41. The first-order chi connectivity index (χ1) is 14.6. The SMILES string of the molecule is CC(C)(C)OC(=O)N1CCC(c2ccc3c(C4CCC(=O)NC4=O)noc3c2O)CC1. The van der Waals surface area contributed by atoms with Crippen LogP contribution in [0.5, 0.6) is 5.75 Å². The third-order valence-corrected chi connectivity index (χ3v) is 5.83. The molecule has 4 rings (SSSR count). The van der Waals surface area contributed by atoms with Gasteiger partial charge in [0.25, 0.3) is 0 Å². The van der Waals surface area contributed by atoms with Gasteiger partial charge in [0.05, 0.1) is 5.92 Å². The lowest BCUT2D eigenvalue weighted by molar-refractivity contribution is -0.134. The van der Waals surface area contributed by atoms with Gasteiger partial charge in [-0.05, 0) is 52.0 Å². The Balaban J connectivity index is 1.50. The van der Waals surface area contributed by atoms with E-state index in [0.29, 0.717) is 43.4 Å². The van der Waals surface area contributed by atoms with Gasteiger partial charge in [-0.15, -0.1) is 0 Å². The fraction of sp³-hybridized carbons (Fsp3) is 0.545. The van der Waals surface area contributed by atoms with Gasteiger partial charge in [0.1, 0.15) is 11.3 Å². The summed E-state index contributed by atoms with van der Waals surface area (Å²) in [4.78, 5) is 37.6. The van der Waals surface area contributed by atoms with Gasteiger partial charge in [-0.25, -0.2) is 4.79 Å². The van der Waals surface area contributed by atoms with E-state index in [2.05, 4.69) is 10.5 Å². The number of likely N-dealkylation sites (tertiary alicyclic amines) is 1. The molecule has 31 heavy (non-hydrogen) atoms. The molecule has 9 nitrogen and oxygen atoms in total. The molecule has 0 saturated carbocycles. The number of carbonyl (C=O) groups is 3. The Kier molecular flexibility index (Phi) is 5.36. The van der Waals surface area contributed by atoms with Crippen LogP contribution in [0, 0.1) is 0 Å². The van der Waals surface area contributed by atoms with Crippen molar-refractivity contribution in [1.82, 2.24) is 15.4 Å². The van der Waals surface area contributed by atoms with Crippen LogP contribution in [0.1, 0.15) is 69.5 Å². The molecule has 166 valence electrons. The molecular weight excluding hydrogens is 402 g/mol. The molecule has 1 aromatic carbocycles. The quantitative estimate of drug-likeness (QED) is 0.703. The number of benzene rings is 1. The number of phenols is 1. The van der Waals surface area contributed by atoms with Crippen LogP contribution in [0.3, 0.4) is 0 Å². The molecule has 0 bridgehead atoms. The summed E-state index contributed by atoms with van der Waals surface area (Å²) in [6, 6.07) is 3.64. The van der Waals surface area contributed by atoms with E-state index in [-0.39, 0.29) is 35.7 Å². The minimum Gasteiger partial charge on any atom is -0.504 e. The zero-order chi connectivity index (χ0) is 22.3. The van der Waals surface area contributed by atoms with Gasteiger partial charge in [-0.2, -0.15) is 0 Å². The van der Waals surface area contributed by atoms with Crippen molar-refractivity contribution >= 4 is 28.9 Å². The summed E-state index contributed by atoms with van der Waals surface area (Å²) in [6.07, 6.45) is 1.65. The van der Waals surface area contributed by atoms with Crippen LogP contribution in [0.2, 0.25) is 0 Å². The van der Waals surface area contributed by atoms with Crippen LogP contribution in [-0.2, 0) is 14.3 Å². The average molecular weight is 429 g/mol. The first kappa shape index (κ1) is 21.1. The zero-order valence-corrected chi connectivity index (χ0v) is 17.9. The lowest BCUT2D eigenvalue weighted by Gasteiger charge is -2.33. The van der Waals surface area contributed by atoms with Crippen molar-refractivity contribution in [1.29, 1.82) is 0 Å². The highest BCUT2D eigenvalue weighted by atomic mass is 16.6. The maximum atomic E-state index is 12.3. The first-order valence-electron chi connectivity index (χ1n) is 10.6. The Morgan fingerprint density at radius 1 is 1.23 bits per heavy atom. The van der Waals surface area contributed by atoms with Gasteiger partial charge in [-0.3, -0.25) is 14.9 Å². The van der Waals surface area contributed by atoms with Crippen molar-refractivity contribution < 1.29 is 28.8 Å². The van der Waals surface area contributed by atoms with Crippen molar-refractivity contribution in [2.75, 3.05) is 13.1 Å². The Morgan fingerprint density at radius 2 is 1.94 bits per heavy atom. The van der Waals surface area contributed by atoms with E-state index in [1.165, 1.54) is 0 Å². The van der Waals surface area contributed by atoms with E-state index in [4.69, 9.17) is 9.26 Å². The molecule has 3 heterocycles. The Morgan fingerprint density at radius 3 is 2.58 bits per heavy atom. The number of nitrogens with one attached hydrogen (secondary N) is 1. The third kappa shape index (κ3) is 4.22. The highest BCUT2D eigenvalue weighted by Gasteiger charge is 2.34. The number of nitrogens with zero attached hydrogens (tertiary/aromatic N) is 2. The number of hydrogen-bond donors (Lipinski definition) is 2. The van der Waals surface area contributed by atoms with E-state index < -0.39 is 17.4 Å². The Hall–Kier alpha value is -3.10. The third-order valence-electron chi connectivity index (χ3n) is 5.83. The summed E-state index contributed by atoms with van der Waals surface area (Å²) in [5.41, 5.74) is 0.875. The summed E-state index contributed by atoms with van der Waals surface area (Å²) in [5, 5.41) is 17.8. The van der Waals surface area contributed by atoms with Crippen LogP contribution in [0.4, 0.5) is 4.79 Å². The molecule has 2 aromatic rings. The van der Waals surface area contributed by atoms with Crippen LogP contribution in [-0.4, -0.2) is 51.8 Å². The molecule has 2 N–H and O–H groups in total. The fourth-order valence-corrected chi connectivity index (χ4v) is 4.26. The van der Waals surface area contributed by atoms with Gasteiger partial charge in [0, 0.05) is 30.5 Å². The summed E-state index contributed by atoms with van der Waals surface area (Å²) in [6.45, 7) is 6.59. The molecule has 0 spiro atoms. The maximum Gasteiger partial charge on any atom is 0.410 e. The molecule has 1 atom stereocenters. The summed E-state index contributed by atoms with van der Waals surface area (Å²) >= 11 is 0. The van der Waals surface area contributed by atoms with Crippen LogP contribution >= 0.6 is 0 Å².